The van der Waals surface area contributed by atoms with E-state index in [-0.39, 0.29) is 37.0 Å². The molecule has 1 saturated heterocycles. The van der Waals surface area contributed by atoms with Crippen LogP contribution < -0.4 is 10.2 Å². The van der Waals surface area contributed by atoms with Crippen molar-refractivity contribution in [3.05, 3.63) is 66.1 Å². The van der Waals surface area contributed by atoms with Crippen LogP contribution >= 0.6 is 0 Å². The minimum atomic E-state index is -0.547. The van der Waals surface area contributed by atoms with Gasteiger partial charge < -0.3 is 10.2 Å². The van der Waals surface area contributed by atoms with Crippen molar-refractivity contribution in [3.63, 3.8) is 0 Å². The summed E-state index contributed by atoms with van der Waals surface area (Å²) in [7, 11) is 0. The molecule has 0 saturated carbocycles. The molecule has 1 unspecified atom stereocenters. The van der Waals surface area contributed by atoms with Gasteiger partial charge in [-0.25, -0.2) is 19.0 Å². The maximum atomic E-state index is 14.2. The summed E-state index contributed by atoms with van der Waals surface area (Å²) in [6, 6.07) is 8.29. The summed E-state index contributed by atoms with van der Waals surface area (Å²) in [5.41, 5.74) is 1.74. The Kier molecular flexibility index (Phi) is 5.03. The third-order valence-corrected chi connectivity index (χ3v) is 4.85. The Morgan fingerprint density at radius 2 is 2.21 bits per heavy atom. The van der Waals surface area contributed by atoms with Crippen molar-refractivity contribution in [3.8, 4) is 5.82 Å². The summed E-state index contributed by atoms with van der Waals surface area (Å²) in [6.45, 7) is 2.15. The Hall–Kier alpha value is -3.62. The SMILES string of the molecule is Cc1ccc(N2CC(C(=O)NCc3cccnc3-n3cncn3)CC2=O)c(F)c1. The van der Waals surface area contributed by atoms with Gasteiger partial charge in [0, 0.05) is 31.3 Å². The van der Waals surface area contributed by atoms with E-state index in [1.807, 2.05) is 6.07 Å². The van der Waals surface area contributed by atoms with E-state index in [0.29, 0.717) is 5.82 Å². The lowest BCUT2D eigenvalue weighted by molar-refractivity contribution is -0.126. The minimum Gasteiger partial charge on any atom is -0.352 e. The molecule has 0 bridgehead atoms. The lowest BCUT2D eigenvalue weighted by Crippen LogP contribution is -2.33. The molecule has 0 aliphatic carbocycles. The molecular weight excluding hydrogens is 375 g/mol. The van der Waals surface area contributed by atoms with Gasteiger partial charge in [-0.1, -0.05) is 12.1 Å². The first-order valence-corrected chi connectivity index (χ1v) is 9.16. The smallest absolute Gasteiger partial charge is 0.227 e. The Morgan fingerprint density at radius 1 is 1.34 bits per heavy atom. The van der Waals surface area contributed by atoms with E-state index in [1.54, 1.807) is 31.3 Å². The first-order valence-electron chi connectivity index (χ1n) is 9.16. The van der Waals surface area contributed by atoms with Crippen molar-refractivity contribution in [1.82, 2.24) is 25.1 Å². The summed E-state index contributed by atoms with van der Waals surface area (Å²) in [5, 5.41) is 6.91. The number of hydrogen-bond donors (Lipinski definition) is 1. The van der Waals surface area contributed by atoms with Crippen molar-refractivity contribution in [1.29, 1.82) is 0 Å². The van der Waals surface area contributed by atoms with Crippen LogP contribution in [0.5, 0.6) is 0 Å². The fourth-order valence-corrected chi connectivity index (χ4v) is 3.37. The van der Waals surface area contributed by atoms with Crippen LogP contribution in [-0.4, -0.2) is 38.1 Å². The molecule has 148 valence electrons. The molecule has 1 aliphatic heterocycles. The van der Waals surface area contributed by atoms with Crippen LogP contribution in [0.1, 0.15) is 17.5 Å². The lowest BCUT2D eigenvalue weighted by atomic mass is 10.1. The van der Waals surface area contributed by atoms with Crippen LogP contribution in [0.2, 0.25) is 0 Å². The molecule has 0 spiro atoms. The zero-order valence-electron chi connectivity index (χ0n) is 15.7. The van der Waals surface area contributed by atoms with Crippen LogP contribution in [0.15, 0.2) is 49.2 Å². The van der Waals surface area contributed by atoms with Crippen LogP contribution in [-0.2, 0) is 16.1 Å². The number of amides is 2. The number of pyridine rings is 1. The zero-order valence-corrected chi connectivity index (χ0v) is 15.7. The number of carbonyl (C=O) groups excluding carboxylic acids is 2. The fourth-order valence-electron chi connectivity index (χ4n) is 3.37. The highest BCUT2D eigenvalue weighted by Gasteiger charge is 2.36. The van der Waals surface area contributed by atoms with Crippen molar-refractivity contribution in [2.24, 2.45) is 5.92 Å². The monoisotopic (exact) mass is 394 g/mol. The summed E-state index contributed by atoms with van der Waals surface area (Å²) in [5.74, 6) is -0.975. The standard InChI is InChI=1S/C20H19FN6O2/c1-13-4-5-17(16(21)7-13)26-10-15(8-18(26)28)20(29)24-9-14-3-2-6-23-19(14)27-12-22-11-25-27/h2-7,11-12,15H,8-10H2,1H3,(H,24,29). The number of carbonyl (C=O) groups is 2. The van der Waals surface area contributed by atoms with Gasteiger partial charge in [-0.2, -0.15) is 5.10 Å². The van der Waals surface area contributed by atoms with Gasteiger partial charge in [-0.3, -0.25) is 9.59 Å². The molecule has 2 amide bonds. The van der Waals surface area contributed by atoms with E-state index in [9.17, 15) is 14.0 Å². The normalized spacial score (nSPS) is 16.3. The number of benzene rings is 1. The van der Waals surface area contributed by atoms with Crippen LogP contribution in [0, 0.1) is 18.7 Å². The molecule has 9 heteroatoms. The van der Waals surface area contributed by atoms with Gasteiger partial charge in [0.05, 0.1) is 11.6 Å². The molecule has 3 heterocycles. The van der Waals surface area contributed by atoms with Crippen molar-refractivity contribution >= 4 is 17.5 Å². The summed E-state index contributed by atoms with van der Waals surface area (Å²) in [6.07, 6.45) is 4.60. The molecule has 1 aliphatic rings. The number of nitrogens with one attached hydrogen (secondary N) is 1. The highest BCUT2D eigenvalue weighted by atomic mass is 19.1. The van der Waals surface area contributed by atoms with E-state index in [4.69, 9.17) is 0 Å². The second kappa shape index (κ2) is 7.78. The predicted molar refractivity (Wildman–Crippen MR) is 103 cm³/mol. The van der Waals surface area contributed by atoms with E-state index in [0.717, 1.165) is 11.1 Å². The topological polar surface area (TPSA) is 93.0 Å². The van der Waals surface area contributed by atoms with Gasteiger partial charge >= 0.3 is 0 Å². The summed E-state index contributed by atoms with van der Waals surface area (Å²) >= 11 is 0. The number of rotatable bonds is 5. The molecular formula is C20H19FN6O2. The van der Waals surface area contributed by atoms with Gasteiger partial charge in [0.25, 0.3) is 0 Å². The van der Waals surface area contributed by atoms with E-state index < -0.39 is 11.7 Å². The first kappa shape index (κ1) is 18.7. The van der Waals surface area contributed by atoms with Gasteiger partial charge in [-0.05, 0) is 30.7 Å². The molecule has 3 aromatic rings. The molecule has 1 fully saturated rings. The zero-order chi connectivity index (χ0) is 20.4. The van der Waals surface area contributed by atoms with Gasteiger partial charge in [-0.15, -0.1) is 0 Å². The van der Waals surface area contributed by atoms with Crippen LogP contribution in [0.3, 0.4) is 0 Å². The summed E-state index contributed by atoms with van der Waals surface area (Å²) in [4.78, 5) is 34.5. The Labute approximate surface area is 166 Å². The second-order valence-electron chi connectivity index (χ2n) is 6.90. The highest BCUT2D eigenvalue weighted by molar-refractivity contribution is 6.00. The lowest BCUT2D eigenvalue weighted by Gasteiger charge is -2.18. The Bertz CT molecular complexity index is 1050. The van der Waals surface area contributed by atoms with Gasteiger partial charge in [0.15, 0.2) is 5.82 Å². The quantitative estimate of drug-likeness (QED) is 0.712. The summed E-state index contributed by atoms with van der Waals surface area (Å²) < 4.78 is 15.8. The molecule has 2 aromatic heterocycles. The molecule has 1 aromatic carbocycles. The third kappa shape index (κ3) is 3.84. The average molecular weight is 394 g/mol. The van der Waals surface area contributed by atoms with E-state index >= 15 is 0 Å². The Balaban J connectivity index is 1.43. The van der Waals surface area contributed by atoms with Crippen molar-refractivity contribution in [2.45, 2.75) is 19.9 Å². The first-order chi connectivity index (χ1) is 14.0. The number of aryl methyl sites for hydroxylation is 1. The number of anilines is 1. The van der Waals surface area contributed by atoms with Gasteiger partial charge in [0.1, 0.15) is 18.5 Å². The minimum absolute atomic E-state index is 0.0438. The van der Waals surface area contributed by atoms with Crippen LogP contribution in [0.4, 0.5) is 10.1 Å². The number of nitrogens with zero attached hydrogens (tertiary/aromatic N) is 5. The third-order valence-electron chi connectivity index (χ3n) is 4.85. The molecule has 4 rings (SSSR count). The van der Waals surface area contributed by atoms with Crippen molar-refractivity contribution in [2.75, 3.05) is 11.4 Å². The van der Waals surface area contributed by atoms with Gasteiger partial charge in [0.2, 0.25) is 11.8 Å². The largest absolute Gasteiger partial charge is 0.352 e. The average Bonchev–Trinajstić information content (AvgIpc) is 3.37. The second-order valence-corrected chi connectivity index (χ2v) is 6.90. The Morgan fingerprint density at radius 3 is 2.97 bits per heavy atom. The molecule has 1 N–H and O–H groups in total. The van der Waals surface area contributed by atoms with E-state index in [1.165, 1.54) is 28.3 Å². The fraction of sp³-hybridized carbons (Fsp3) is 0.250. The molecule has 1 atom stereocenters. The highest BCUT2D eigenvalue weighted by Crippen LogP contribution is 2.28. The predicted octanol–water partition coefficient (Wildman–Crippen LogP) is 1.78. The molecule has 8 nitrogen and oxygen atoms in total. The molecule has 29 heavy (non-hydrogen) atoms. The number of aromatic nitrogens is 4. The maximum absolute atomic E-state index is 14.2. The van der Waals surface area contributed by atoms with Crippen molar-refractivity contribution < 1.29 is 14.0 Å². The van der Waals surface area contributed by atoms with E-state index in [2.05, 4.69) is 20.4 Å². The maximum Gasteiger partial charge on any atom is 0.227 e. The molecule has 0 radical (unpaired) electrons. The van der Waals surface area contributed by atoms with Crippen LogP contribution in [0.25, 0.3) is 5.82 Å². The number of hydrogen-bond acceptors (Lipinski definition) is 5. The number of halogens is 1.